The maximum absolute atomic E-state index is 12.7. The third-order valence-electron chi connectivity index (χ3n) is 5.32. The number of methoxy groups -OCH3 is 1. The Balaban J connectivity index is 1.46. The minimum atomic E-state index is -0.0571. The maximum atomic E-state index is 12.7. The number of carbonyl (C=O) groups excluding carboxylic acids is 1. The van der Waals surface area contributed by atoms with Gasteiger partial charge in [-0.15, -0.1) is 0 Å². The third-order valence-corrected chi connectivity index (χ3v) is 5.32. The molecule has 0 saturated heterocycles. The van der Waals surface area contributed by atoms with Crippen LogP contribution in [-0.4, -0.2) is 24.1 Å². The summed E-state index contributed by atoms with van der Waals surface area (Å²) in [6.45, 7) is 2.81. The van der Waals surface area contributed by atoms with Gasteiger partial charge in [0.1, 0.15) is 12.4 Å². The lowest BCUT2D eigenvalue weighted by Gasteiger charge is -2.14. The molecule has 4 rings (SSSR count). The van der Waals surface area contributed by atoms with Crippen molar-refractivity contribution in [2.24, 2.45) is 0 Å². The predicted octanol–water partition coefficient (Wildman–Crippen LogP) is 6.36. The van der Waals surface area contributed by atoms with E-state index in [0.29, 0.717) is 30.3 Å². The van der Waals surface area contributed by atoms with Crippen molar-refractivity contribution >= 4 is 11.9 Å². The molecule has 5 heteroatoms. The number of hydrogen-bond donors (Lipinski definition) is 0. The molecule has 1 aromatic heterocycles. The Labute approximate surface area is 199 Å². The van der Waals surface area contributed by atoms with Crippen LogP contribution in [0.1, 0.15) is 28.4 Å². The Morgan fingerprint density at radius 2 is 1.56 bits per heavy atom. The summed E-state index contributed by atoms with van der Waals surface area (Å²) in [4.78, 5) is 12.7. The van der Waals surface area contributed by atoms with Gasteiger partial charge in [0.05, 0.1) is 13.7 Å². The second-order valence-corrected chi connectivity index (χ2v) is 7.57. The molecule has 34 heavy (non-hydrogen) atoms. The van der Waals surface area contributed by atoms with E-state index in [0.717, 1.165) is 22.6 Å². The van der Waals surface area contributed by atoms with Gasteiger partial charge in [0.15, 0.2) is 17.3 Å². The van der Waals surface area contributed by atoms with Crippen LogP contribution in [0.5, 0.6) is 17.2 Å². The lowest BCUT2D eigenvalue weighted by atomic mass is 10.1. The molecule has 5 nitrogen and oxygen atoms in total. The lowest BCUT2D eigenvalue weighted by molar-refractivity contribution is 0.104. The van der Waals surface area contributed by atoms with Gasteiger partial charge in [-0.3, -0.25) is 4.79 Å². The first kappa shape index (κ1) is 22.9. The molecule has 3 aromatic carbocycles. The summed E-state index contributed by atoms with van der Waals surface area (Å²) in [7, 11) is 1.63. The third kappa shape index (κ3) is 5.56. The minimum absolute atomic E-state index is 0.0571. The Bertz CT molecular complexity index is 1260. The number of carbonyl (C=O) groups is 1. The van der Waals surface area contributed by atoms with Crippen LogP contribution in [-0.2, 0) is 6.61 Å². The van der Waals surface area contributed by atoms with Gasteiger partial charge in [0.25, 0.3) is 0 Å². The van der Waals surface area contributed by atoms with Crippen LogP contribution >= 0.6 is 0 Å². The summed E-state index contributed by atoms with van der Waals surface area (Å²) < 4.78 is 19.1. The molecule has 0 aliphatic rings. The van der Waals surface area contributed by atoms with Crippen molar-refractivity contribution in [3.8, 4) is 22.9 Å². The van der Waals surface area contributed by atoms with Gasteiger partial charge in [-0.1, -0.05) is 24.3 Å². The molecule has 0 fully saturated rings. The molecule has 0 N–H and O–H groups in total. The van der Waals surface area contributed by atoms with E-state index in [-0.39, 0.29) is 5.78 Å². The summed E-state index contributed by atoms with van der Waals surface area (Å²) in [5.41, 5.74) is 3.40. The van der Waals surface area contributed by atoms with Crippen LogP contribution in [0.15, 0.2) is 97.3 Å². The van der Waals surface area contributed by atoms with E-state index in [4.69, 9.17) is 14.2 Å². The van der Waals surface area contributed by atoms with Gasteiger partial charge in [-0.2, -0.15) is 0 Å². The normalized spacial score (nSPS) is 10.9. The molecule has 0 atom stereocenters. The fraction of sp³-hybridized carbons (Fsp3) is 0.138. The van der Waals surface area contributed by atoms with E-state index < -0.39 is 0 Å². The van der Waals surface area contributed by atoms with Crippen LogP contribution in [0.4, 0.5) is 0 Å². The second kappa shape index (κ2) is 11.1. The Hall–Kier alpha value is -4.25. The smallest absolute Gasteiger partial charge is 0.185 e. The summed E-state index contributed by atoms with van der Waals surface area (Å²) in [6.07, 6.45) is 7.33. The monoisotopic (exact) mass is 453 g/mol. The minimum Gasteiger partial charge on any atom is -0.496 e. The van der Waals surface area contributed by atoms with Crippen LogP contribution in [0, 0.1) is 0 Å². The van der Waals surface area contributed by atoms with Gasteiger partial charge in [0, 0.05) is 29.2 Å². The Morgan fingerprint density at radius 3 is 2.24 bits per heavy atom. The van der Waals surface area contributed by atoms with Crippen LogP contribution < -0.4 is 14.2 Å². The quantitative estimate of drug-likeness (QED) is 0.207. The highest BCUT2D eigenvalue weighted by Crippen LogP contribution is 2.29. The summed E-state index contributed by atoms with van der Waals surface area (Å²) in [6, 6.07) is 24.8. The lowest BCUT2D eigenvalue weighted by Crippen LogP contribution is -2.01. The average molecular weight is 454 g/mol. The van der Waals surface area contributed by atoms with Gasteiger partial charge >= 0.3 is 0 Å². The Kier molecular flexibility index (Phi) is 7.45. The van der Waals surface area contributed by atoms with E-state index in [9.17, 15) is 4.79 Å². The van der Waals surface area contributed by atoms with Gasteiger partial charge in [-0.25, -0.2) is 0 Å². The van der Waals surface area contributed by atoms with Gasteiger partial charge in [0.2, 0.25) is 0 Å². The van der Waals surface area contributed by atoms with Gasteiger partial charge in [-0.05, 0) is 79.2 Å². The average Bonchev–Trinajstić information content (AvgIpc) is 3.42. The Morgan fingerprint density at radius 1 is 0.853 bits per heavy atom. The van der Waals surface area contributed by atoms with E-state index in [1.807, 2.05) is 103 Å². The first-order chi connectivity index (χ1) is 16.7. The van der Waals surface area contributed by atoms with Crippen molar-refractivity contribution in [3.63, 3.8) is 0 Å². The first-order valence-electron chi connectivity index (χ1n) is 11.2. The van der Waals surface area contributed by atoms with Crippen molar-refractivity contribution in [2.75, 3.05) is 13.7 Å². The number of nitrogens with zero attached hydrogens (tertiary/aromatic N) is 1. The molecule has 0 radical (unpaired) electrons. The molecule has 0 bridgehead atoms. The van der Waals surface area contributed by atoms with E-state index >= 15 is 0 Å². The molecular formula is C29H27NO4. The predicted molar refractivity (Wildman–Crippen MR) is 134 cm³/mol. The number of para-hydroxylation sites is 2. The van der Waals surface area contributed by atoms with Crippen LogP contribution in [0.2, 0.25) is 0 Å². The molecule has 1 heterocycles. The van der Waals surface area contributed by atoms with Gasteiger partial charge < -0.3 is 18.8 Å². The molecule has 0 spiro atoms. The summed E-state index contributed by atoms with van der Waals surface area (Å²) in [5.74, 6) is 2.04. The largest absolute Gasteiger partial charge is 0.496 e. The van der Waals surface area contributed by atoms with E-state index in [2.05, 4.69) is 0 Å². The SMILES string of the molecule is CCOc1ccccc1OCc1cc(/C=C/C(=O)c2ccc(-n3cccc3)cc2)ccc1OC. The molecule has 0 unspecified atom stereocenters. The fourth-order valence-corrected chi connectivity index (χ4v) is 3.59. The van der Waals surface area contributed by atoms with Crippen molar-refractivity contribution in [2.45, 2.75) is 13.5 Å². The summed E-state index contributed by atoms with van der Waals surface area (Å²) >= 11 is 0. The fourth-order valence-electron chi connectivity index (χ4n) is 3.59. The molecule has 0 aliphatic heterocycles. The number of hydrogen-bond acceptors (Lipinski definition) is 4. The van der Waals surface area contributed by atoms with Crippen molar-refractivity contribution in [1.29, 1.82) is 0 Å². The van der Waals surface area contributed by atoms with E-state index in [1.165, 1.54) is 0 Å². The topological polar surface area (TPSA) is 49.7 Å². The number of benzene rings is 3. The van der Waals surface area contributed by atoms with E-state index in [1.54, 1.807) is 19.3 Å². The van der Waals surface area contributed by atoms with Crippen molar-refractivity contribution < 1.29 is 19.0 Å². The number of ketones is 1. The number of aromatic nitrogens is 1. The van der Waals surface area contributed by atoms with Crippen LogP contribution in [0.3, 0.4) is 0 Å². The molecule has 172 valence electrons. The highest BCUT2D eigenvalue weighted by Gasteiger charge is 2.09. The molecular weight excluding hydrogens is 426 g/mol. The highest BCUT2D eigenvalue weighted by molar-refractivity contribution is 6.06. The highest BCUT2D eigenvalue weighted by atomic mass is 16.5. The molecule has 0 amide bonds. The first-order valence-corrected chi connectivity index (χ1v) is 11.2. The maximum Gasteiger partial charge on any atom is 0.185 e. The van der Waals surface area contributed by atoms with Crippen molar-refractivity contribution in [3.05, 3.63) is 114 Å². The number of rotatable bonds is 10. The zero-order valence-electron chi connectivity index (χ0n) is 19.3. The molecule has 4 aromatic rings. The molecule has 0 saturated carbocycles. The zero-order valence-corrected chi connectivity index (χ0v) is 19.3. The number of allylic oxidation sites excluding steroid dienone is 1. The standard InChI is InChI=1S/C29H27NO4/c1-3-33-28-8-4-5-9-29(28)34-21-24-20-22(11-17-27(24)32-2)10-16-26(31)23-12-14-25(15-13-23)30-18-6-7-19-30/h4-20H,3,21H2,1-2H3/b16-10+. The van der Waals surface area contributed by atoms with Crippen LogP contribution in [0.25, 0.3) is 11.8 Å². The zero-order chi connectivity index (χ0) is 23.8. The number of ether oxygens (including phenoxy) is 3. The van der Waals surface area contributed by atoms with Crippen molar-refractivity contribution in [1.82, 2.24) is 4.57 Å². The summed E-state index contributed by atoms with van der Waals surface area (Å²) in [5, 5.41) is 0. The second-order valence-electron chi connectivity index (χ2n) is 7.57. The molecule has 0 aliphatic carbocycles.